The van der Waals surface area contributed by atoms with Crippen LogP contribution in [0.2, 0.25) is 0 Å². The minimum atomic E-state index is -0.678. The third-order valence-electron chi connectivity index (χ3n) is 0.704. The molecule has 0 N–H and O–H groups in total. The Morgan fingerprint density at radius 1 is 1.78 bits per heavy atom. The third kappa shape index (κ3) is 1.42. The highest BCUT2D eigenvalue weighted by molar-refractivity contribution is 14.2. The molecule has 0 saturated heterocycles. The van der Waals surface area contributed by atoms with Gasteiger partial charge in [0, 0.05) is 6.20 Å². The summed E-state index contributed by atoms with van der Waals surface area (Å²) in [5.41, 5.74) is -0.0506. The smallest absolute Gasteiger partial charge is 0.191 e. The van der Waals surface area contributed by atoms with Crippen molar-refractivity contribution in [3.63, 3.8) is 0 Å². The molecule has 1 aliphatic heterocycles. The number of rotatable bonds is 0. The Labute approximate surface area is 61.5 Å². The van der Waals surface area contributed by atoms with Crippen LogP contribution in [0.3, 0.4) is 0 Å². The van der Waals surface area contributed by atoms with Crippen molar-refractivity contribution in [3.8, 4) is 6.07 Å². The summed E-state index contributed by atoms with van der Waals surface area (Å²) in [6.45, 7) is 0. The van der Waals surface area contributed by atoms with Gasteiger partial charge in [0.15, 0.2) is 9.47 Å². The van der Waals surface area contributed by atoms with Gasteiger partial charge in [0.2, 0.25) is 0 Å². The maximum atomic E-state index is 12.4. The van der Waals surface area contributed by atoms with E-state index < -0.39 is 20.7 Å². The van der Waals surface area contributed by atoms with Crippen molar-refractivity contribution in [1.82, 2.24) is 0 Å². The van der Waals surface area contributed by atoms with Crippen LogP contribution < -0.4 is 0 Å². The Hall–Kier alpha value is -0.570. The Morgan fingerprint density at radius 2 is 2.56 bits per heavy atom. The minimum absolute atomic E-state index is 0.0506. The van der Waals surface area contributed by atoms with Crippen molar-refractivity contribution in [2.75, 3.05) is 0 Å². The lowest BCUT2D eigenvalue weighted by Gasteiger charge is -1.91. The molecule has 0 fully saturated rings. The van der Waals surface area contributed by atoms with Crippen molar-refractivity contribution >= 4 is 30.2 Å². The number of nitrogens with zero attached hydrogens (tertiary/aromatic N) is 2. The molecule has 0 saturated carbocycles. The lowest BCUT2D eigenvalue weighted by Crippen LogP contribution is -2.03. The zero-order valence-corrected chi connectivity index (χ0v) is 6.46. The second kappa shape index (κ2) is 2.82. The van der Waals surface area contributed by atoms with Crippen LogP contribution in [0.15, 0.2) is 15.3 Å². The van der Waals surface area contributed by atoms with Gasteiger partial charge in [0.05, 0.1) is 0 Å². The van der Waals surface area contributed by atoms with Crippen LogP contribution in [0.5, 0.6) is 0 Å². The molecule has 0 bridgehead atoms. The maximum absolute atomic E-state index is 12.4. The first-order chi connectivity index (χ1) is 4.34. The van der Waals surface area contributed by atoms with E-state index >= 15 is 0 Å². The number of nitriles is 1. The second-order valence-electron chi connectivity index (χ2n) is 1.23. The summed E-state index contributed by atoms with van der Waals surface area (Å²) in [6.07, 6.45) is 1.48. The highest BCUT2D eigenvalue weighted by Crippen LogP contribution is 2.10. The molecular weight excluding hydrogens is 234 g/mol. The Kier molecular flexibility index (Phi) is 2.05. The molecule has 0 aromatic rings. The minimum Gasteiger partial charge on any atom is -0.242 e. The lowest BCUT2D eigenvalue weighted by atomic mass is 10.5. The van der Waals surface area contributed by atoms with Gasteiger partial charge in [-0.2, -0.15) is 9.65 Å². The van der Waals surface area contributed by atoms with Gasteiger partial charge in [-0.1, -0.05) is 0 Å². The average Bonchev–Trinajstić information content (AvgIpc) is 1.89. The van der Waals surface area contributed by atoms with Gasteiger partial charge in [0.25, 0.3) is 0 Å². The summed E-state index contributed by atoms with van der Waals surface area (Å²) in [4.78, 5) is 3.52. The van der Waals surface area contributed by atoms with Gasteiger partial charge < -0.3 is 0 Å². The van der Waals surface area contributed by atoms with E-state index in [-0.39, 0.29) is 9.47 Å². The normalized spacial score (nSPS) is 16.9. The maximum Gasteiger partial charge on any atom is 0.191 e. The average molecular weight is 236 g/mol. The molecule has 0 amide bonds. The molecule has 0 aromatic carbocycles. The van der Waals surface area contributed by atoms with Crippen LogP contribution in [0.1, 0.15) is 0 Å². The first-order valence-electron chi connectivity index (χ1n) is 2.13. The van der Waals surface area contributed by atoms with Crippen molar-refractivity contribution < 1.29 is 4.39 Å². The van der Waals surface area contributed by atoms with E-state index in [9.17, 15) is 4.39 Å². The van der Waals surface area contributed by atoms with Crippen molar-refractivity contribution in [2.24, 2.45) is 4.99 Å². The molecule has 9 heavy (non-hydrogen) atoms. The van der Waals surface area contributed by atoms with E-state index in [1.807, 2.05) is 0 Å². The topological polar surface area (TPSA) is 36.1 Å². The van der Waals surface area contributed by atoms with E-state index in [4.69, 9.17) is 5.26 Å². The molecule has 46 valence electrons. The lowest BCUT2D eigenvalue weighted by molar-refractivity contribution is 0.846. The molecule has 0 unspecified atom stereocenters. The van der Waals surface area contributed by atoms with Crippen LogP contribution in [0.25, 0.3) is 0 Å². The van der Waals surface area contributed by atoms with Gasteiger partial charge in [-0.15, -0.1) is 0 Å². The Balaban J connectivity index is 3.00. The molecule has 1 heterocycles. The molecule has 0 aliphatic carbocycles. The molecule has 0 radical (unpaired) electrons. The molecule has 0 spiro atoms. The van der Waals surface area contributed by atoms with E-state index in [0.29, 0.717) is 0 Å². The van der Waals surface area contributed by atoms with Crippen LogP contribution in [-0.4, -0.2) is 9.47 Å². The fourth-order valence-electron chi connectivity index (χ4n) is 0.358. The van der Waals surface area contributed by atoms with Crippen molar-refractivity contribution in [2.45, 2.75) is 0 Å². The third-order valence-corrected chi connectivity index (χ3v) is 2.44. The van der Waals surface area contributed by atoms with E-state index in [2.05, 4.69) is 4.99 Å². The fraction of sp³-hybridized carbons (Fsp3) is 0. The zero-order valence-electron chi connectivity index (χ0n) is 4.31. The zero-order chi connectivity index (χ0) is 6.69. The van der Waals surface area contributed by atoms with Gasteiger partial charge in [-0.3, -0.25) is 0 Å². The first kappa shape index (κ1) is 6.55. The highest BCUT2D eigenvalue weighted by Gasteiger charge is 2.05. The van der Waals surface area contributed by atoms with Crippen LogP contribution >= 0.6 is 20.7 Å². The summed E-state index contributed by atoms with van der Waals surface area (Å²) in [5.74, 6) is 0. The molecule has 1 aliphatic rings. The molecule has 1 rings (SSSR count). The van der Waals surface area contributed by atoms with Gasteiger partial charge >= 0.3 is 0 Å². The summed E-state index contributed by atoms with van der Waals surface area (Å²) < 4.78 is 13.8. The van der Waals surface area contributed by atoms with E-state index in [1.165, 1.54) is 6.20 Å². The van der Waals surface area contributed by atoms with Gasteiger partial charge in [-0.25, -0.2) is 4.99 Å². The van der Waals surface area contributed by atoms with E-state index in [0.717, 1.165) is 0 Å². The highest BCUT2D eigenvalue weighted by atomic mass is 127. The standard InChI is InChI=1S/C5H2FIN2/c6-5-4(3-8)9-2-1-7-5/h1-2H. The second-order valence-corrected chi connectivity index (χ2v) is 3.52. The fourth-order valence-corrected chi connectivity index (χ4v) is 1.55. The molecule has 0 aromatic heterocycles. The Morgan fingerprint density at radius 3 is 3.00 bits per heavy atom. The van der Waals surface area contributed by atoms with Gasteiger partial charge in [-0.05, 0) is 24.8 Å². The van der Waals surface area contributed by atoms with Gasteiger partial charge in [0.1, 0.15) is 6.07 Å². The van der Waals surface area contributed by atoms with E-state index in [1.54, 1.807) is 10.2 Å². The van der Waals surface area contributed by atoms with Crippen LogP contribution in [-0.2, 0) is 0 Å². The summed E-state index contributed by atoms with van der Waals surface area (Å²) >= 11 is -0.678. The molecular formula is C5H2FIN2. The van der Waals surface area contributed by atoms with Crippen molar-refractivity contribution in [1.29, 1.82) is 5.26 Å². The number of hydrogen-bond acceptors (Lipinski definition) is 2. The number of halogens is 2. The quantitative estimate of drug-likeness (QED) is 0.587. The SMILES string of the molecule is N#CC1=NC=CI=C1F. The predicted octanol–water partition coefficient (Wildman–Crippen LogP) is 1.51. The monoisotopic (exact) mass is 236 g/mol. The summed E-state index contributed by atoms with van der Waals surface area (Å²) in [6, 6.07) is 1.67. The number of aliphatic imine (C=N–C) groups is 1. The molecule has 4 heteroatoms. The molecule has 2 nitrogen and oxygen atoms in total. The molecule has 0 atom stereocenters. The summed E-state index contributed by atoms with van der Waals surface area (Å²) in [7, 11) is 0. The Bertz CT molecular complexity index is 246. The number of hydrogen-bond donors (Lipinski definition) is 0. The van der Waals surface area contributed by atoms with Crippen LogP contribution in [0, 0.1) is 11.3 Å². The summed E-state index contributed by atoms with van der Waals surface area (Å²) in [5, 5.41) is 8.20. The van der Waals surface area contributed by atoms with Crippen LogP contribution in [0.4, 0.5) is 4.39 Å². The van der Waals surface area contributed by atoms with Crippen molar-refractivity contribution in [3.05, 3.63) is 10.3 Å². The first-order valence-corrected chi connectivity index (χ1v) is 4.46. The largest absolute Gasteiger partial charge is 0.242 e. The predicted molar refractivity (Wildman–Crippen MR) is 42.3 cm³/mol.